The number of thiazole rings is 1. The first-order valence-electron chi connectivity index (χ1n) is 6.61. The molecule has 0 saturated heterocycles. The van der Waals surface area contributed by atoms with Crippen LogP contribution in [0.15, 0.2) is 18.2 Å². The second-order valence-electron chi connectivity index (χ2n) is 5.16. The molecule has 1 aromatic heterocycles. The summed E-state index contributed by atoms with van der Waals surface area (Å²) < 4.78 is 1.29. The number of anilines is 1. The number of nitrogens with zero attached hydrogens (tertiary/aromatic N) is 2. The maximum atomic E-state index is 4.84. The maximum Gasteiger partial charge on any atom is 0.123 e. The molecule has 3 rings (SSSR count). The Morgan fingerprint density at radius 3 is 2.68 bits per heavy atom. The van der Waals surface area contributed by atoms with Gasteiger partial charge in [0.25, 0.3) is 0 Å². The Labute approximate surface area is 132 Å². The van der Waals surface area contributed by atoms with E-state index in [0.717, 1.165) is 0 Å². The minimum atomic E-state index is 1.17. The molecule has 1 aliphatic rings. The molecule has 0 amide bonds. The highest BCUT2D eigenvalue weighted by Crippen LogP contribution is 2.34. The summed E-state index contributed by atoms with van der Waals surface area (Å²) in [6.07, 6.45) is 5.01. The van der Waals surface area contributed by atoms with Crippen LogP contribution in [-0.4, -0.2) is 19.1 Å². The van der Waals surface area contributed by atoms with E-state index in [1.807, 2.05) is 11.3 Å². The van der Waals surface area contributed by atoms with Crippen molar-refractivity contribution in [3.63, 3.8) is 0 Å². The van der Waals surface area contributed by atoms with Crippen molar-refractivity contribution in [2.75, 3.05) is 19.0 Å². The molecule has 1 aromatic carbocycles. The smallest absolute Gasteiger partial charge is 0.123 e. The van der Waals surface area contributed by atoms with Crippen LogP contribution in [0.25, 0.3) is 10.6 Å². The summed E-state index contributed by atoms with van der Waals surface area (Å²) in [5.74, 6) is 0. The number of aromatic nitrogens is 1. The van der Waals surface area contributed by atoms with Crippen LogP contribution < -0.4 is 4.90 Å². The van der Waals surface area contributed by atoms with Crippen LogP contribution in [0, 0.1) is 3.57 Å². The van der Waals surface area contributed by atoms with Crippen molar-refractivity contribution in [3.8, 4) is 10.6 Å². The van der Waals surface area contributed by atoms with E-state index in [4.69, 9.17) is 4.98 Å². The van der Waals surface area contributed by atoms with Gasteiger partial charge in [0.15, 0.2) is 0 Å². The van der Waals surface area contributed by atoms with Crippen molar-refractivity contribution < 1.29 is 0 Å². The Morgan fingerprint density at radius 2 is 2.00 bits per heavy atom. The number of aryl methyl sites for hydroxylation is 2. The summed E-state index contributed by atoms with van der Waals surface area (Å²) in [7, 11) is 4.17. The first-order valence-corrected chi connectivity index (χ1v) is 8.50. The maximum absolute atomic E-state index is 4.84. The molecule has 0 unspecified atom stereocenters. The SMILES string of the molecule is CN(C)c1ccc(-c2nc3c(s2)CCCC3)cc1I. The molecule has 2 aromatic rings. The third-order valence-electron chi connectivity index (χ3n) is 3.52. The quantitative estimate of drug-likeness (QED) is 0.716. The second kappa shape index (κ2) is 5.40. The summed E-state index contributed by atoms with van der Waals surface area (Å²) in [6.45, 7) is 0. The molecule has 1 heterocycles. The molecular weight excluding hydrogens is 367 g/mol. The third-order valence-corrected chi connectivity index (χ3v) is 5.59. The van der Waals surface area contributed by atoms with Crippen LogP contribution in [-0.2, 0) is 12.8 Å². The summed E-state index contributed by atoms with van der Waals surface area (Å²) >= 11 is 4.29. The number of halogens is 1. The number of fused-ring (bicyclic) bond motifs is 1. The van der Waals surface area contributed by atoms with Gasteiger partial charge in [-0.25, -0.2) is 4.98 Å². The zero-order valence-electron chi connectivity index (χ0n) is 11.2. The highest BCUT2D eigenvalue weighted by Gasteiger charge is 2.16. The predicted molar refractivity (Wildman–Crippen MR) is 91.2 cm³/mol. The van der Waals surface area contributed by atoms with E-state index in [1.165, 1.54) is 56.1 Å². The van der Waals surface area contributed by atoms with Gasteiger partial charge in [-0.2, -0.15) is 0 Å². The average Bonchev–Trinajstić information content (AvgIpc) is 2.81. The van der Waals surface area contributed by atoms with Gasteiger partial charge in [0.2, 0.25) is 0 Å². The Bertz CT molecular complexity index is 581. The third kappa shape index (κ3) is 2.65. The first kappa shape index (κ1) is 13.4. The zero-order chi connectivity index (χ0) is 13.4. The fraction of sp³-hybridized carbons (Fsp3) is 0.400. The Hall–Kier alpha value is -0.620. The highest BCUT2D eigenvalue weighted by molar-refractivity contribution is 14.1. The van der Waals surface area contributed by atoms with Crippen LogP contribution in [0.2, 0.25) is 0 Å². The van der Waals surface area contributed by atoms with Gasteiger partial charge in [-0.05, 0) is 66.5 Å². The molecule has 0 N–H and O–H groups in total. The highest BCUT2D eigenvalue weighted by atomic mass is 127. The molecule has 0 aliphatic heterocycles. The number of rotatable bonds is 2. The molecule has 0 saturated carbocycles. The minimum absolute atomic E-state index is 1.17. The van der Waals surface area contributed by atoms with E-state index >= 15 is 0 Å². The standard InChI is InChI=1S/C15H17IN2S/c1-18(2)13-8-7-10(9-11(13)16)15-17-12-5-3-4-6-14(12)19-15/h7-9H,3-6H2,1-2H3. The van der Waals surface area contributed by atoms with E-state index < -0.39 is 0 Å². The molecule has 19 heavy (non-hydrogen) atoms. The average molecular weight is 384 g/mol. The monoisotopic (exact) mass is 384 g/mol. The Kier molecular flexibility index (Phi) is 3.80. The van der Waals surface area contributed by atoms with Gasteiger partial charge in [0.1, 0.15) is 5.01 Å². The van der Waals surface area contributed by atoms with Gasteiger partial charge in [-0.15, -0.1) is 11.3 Å². The molecule has 1 aliphatic carbocycles. The molecule has 0 bridgehead atoms. The van der Waals surface area contributed by atoms with Gasteiger partial charge < -0.3 is 4.90 Å². The van der Waals surface area contributed by atoms with Crippen molar-refractivity contribution in [2.24, 2.45) is 0 Å². The molecule has 0 atom stereocenters. The number of benzene rings is 1. The Morgan fingerprint density at radius 1 is 1.21 bits per heavy atom. The molecule has 4 heteroatoms. The summed E-state index contributed by atoms with van der Waals surface area (Å²) in [4.78, 5) is 8.50. The van der Waals surface area contributed by atoms with E-state index in [9.17, 15) is 0 Å². The molecule has 0 radical (unpaired) electrons. The van der Waals surface area contributed by atoms with Gasteiger partial charge in [-0.3, -0.25) is 0 Å². The van der Waals surface area contributed by atoms with Gasteiger partial charge in [0.05, 0.1) is 5.69 Å². The van der Waals surface area contributed by atoms with Gasteiger partial charge in [0, 0.05) is 33.8 Å². The van der Waals surface area contributed by atoms with E-state index in [1.54, 1.807) is 0 Å². The summed E-state index contributed by atoms with van der Waals surface area (Å²) in [5.41, 5.74) is 3.87. The van der Waals surface area contributed by atoms with Crippen molar-refractivity contribution >= 4 is 39.6 Å². The Balaban J connectivity index is 1.98. The van der Waals surface area contributed by atoms with E-state index in [0.29, 0.717) is 0 Å². The lowest BCUT2D eigenvalue weighted by Gasteiger charge is -2.14. The van der Waals surface area contributed by atoms with Crippen LogP contribution in [0.4, 0.5) is 5.69 Å². The number of hydrogen-bond acceptors (Lipinski definition) is 3. The molecule has 2 nitrogen and oxygen atoms in total. The fourth-order valence-electron chi connectivity index (χ4n) is 2.48. The first-order chi connectivity index (χ1) is 9.15. The van der Waals surface area contributed by atoms with Gasteiger partial charge >= 0.3 is 0 Å². The normalized spacial score (nSPS) is 14.3. The van der Waals surface area contributed by atoms with E-state index in [2.05, 4.69) is 59.8 Å². The minimum Gasteiger partial charge on any atom is -0.377 e. The summed E-state index contributed by atoms with van der Waals surface area (Å²) in [5, 5.41) is 1.19. The van der Waals surface area contributed by atoms with Crippen molar-refractivity contribution in [1.82, 2.24) is 4.98 Å². The lowest BCUT2D eigenvalue weighted by Crippen LogP contribution is -2.10. The van der Waals surface area contributed by atoms with Crippen LogP contribution >= 0.6 is 33.9 Å². The lowest BCUT2D eigenvalue weighted by atomic mass is 10.0. The molecular formula is C15H17IN2S. The van der Waals surface area contributed by atoms with E-state index in [-0.39, 0.29) is 0 Å². The van der Waals surface area contributed by atoms with Crippen LogP contribution in [0.1, 0.15) is 23.4 Å². The van der Waals surface area contributed by atoms with Crippen molar-refractivity contribution in [3.05, 3.63) is 32.3 Å². The van der Waals surface area contributed by atoms with Crippen LogP contribution in [0.5, 0.6) is 0 Å². The second-order valence-corrected chi connectivity index (χ2v) is 7.40. The summed E-state index contributed by atoms with van der Waals surface area (Å²) in [6, 6.07) is 6.64. The number of hydrogen-bond donors (Lipinski definition) is 0. The lowest BCUT2D eigenvalue weighted by molar-refractivity contribution is 0.682. The molecule has 100 valence electrons. The fourth-order valence-corrected chi connectivity index (χ4v) is 4.62. The molecule has 0 fully saturated rings. The molecule has 0 spiro atoms. The largest absolute Gasteiger partial charge is 0.377 e. The predicted octanol–water partition coefficient (Wildman–Crippen LogP) is 4.36. The van der Waals surface area contributed by atoms with Crippen molar-refractivity contribution in [2.45, 2.75) is 25.7 Å². The topological polar surface area (TPSA) is 16.1 Å². The zero-order valence-corrected chi connectivity index (χ0v) is 14.2. The van der Waals surface area contributed by atoms with Gasteiger partial charge in [-0.1, -0.05) is 0 Å². The van der Waals surface area contributed by atoms with Crippen LogP contribution in [0.3, 0.4) is 0 Å². The van der Waals surface area contributed by atoms with Crippen molar-refractivity contribution in [1.29, 1.82) is 0 Å².